The molecule has 0 atom stereocenters. The monoisotopic (exact) mass is 322 g/mol. The first-order chi connectivity index (χ1) is 11.8. The molecule has 0 unspecified atom stereocenters. The van der Waals surface area contributed by atoms with Gasteiger partial charge in [-0.3, -0.25) is 4.57 Å². The number of pyridine rings is 1. The molecule has 5 heteroatoms. The Balaban J connectivity index is 1.71. The van der Waals surface area contributed by atoms with Gasteiger partial charge in [-0.25, -0.2) is 9.97 Å². The molecule has 124 valence electrons. The van der Waals surface area contributed by atoms with Crippen molar-refractivity contribution in [3.8, 4) is 11.6 Å². The Bertz CT molecular complexity index is 783. The summed E-state index contributed by atoms with van der Waals surface area (Å²) >= 11 is 0. The van der Waals surface area contributed by atoms with Gasteiger partial charge in [-0.05, 0) is 32.0 Å². The molecule has 0 saturated heterocycles. The highest BCUT2D eigenvalue weighted by molar-refractivity contribution is 5.35. The molecule has 24 heavy (non-hydrogen) atoms. The van der Waals surface area contributed by atoms with Crippen molar-refractivity contribution < 1.29 is 4.74 Å². The highest BCUT2D eigenvalue weighted by atomic mass is 16.5. The topological polar surface area (TPSA) is 52.0 Å². The summed E-state index contributed by atoms with van der Waals surface area (Å²) in [5.74, 6) is 1.68. The molecule has 0 bridgehead atoms. The first-order valence-electron chi connectivity index (χ1n) is 8.15. The maximum Gasteiger partial charge on any atom is 0.217 e. The van der Waals surface area contributed by atoms with Crippen molar-refractivity contribution in [2.75, 3.05) is 6.61 Å². The molecule has 0 amide bonds. The number of ether oxygens (including phenoxy) is 1. The molecule has 5 nitrogen and oxygen atoms in total. The van der Waals surface area contributed by atoms with E-state index >= 15 is 0 Å². The standard InChI is InChI=1S/C19H22N4O/c1-3-24-19-16(8-7-11-21-19)12-20-13-18-14-22-15(2)23(18)17-9-5-4-6-10-17/h4-11,14,20H,3,12-13H2,1-2H3. The van der Waals surface area contributed by atoms with Crippen LogP contribution in [0.4, 0.5) is 0 Å². The van der Waals surface area contributed by atoms with Gasteiger partial charge in [-0.15, -0.1) is 0 Å². The summed E-state index contributed by atoms with van der Waals surface area (Å²) in [6, 6.07) is 14.2. The third-order valence-corrected chi connectivity index (χ3v) is 3.78. The highest BCUT2D eigenvalue weighted by Gasteiger charge is 2.09. The minimum absolute atomic E-state index is 0.615. The first kappa shape index (κ1) is 16.2. The van der Waals surface area contributed by atoms with E-state index in [0.717, 1.165) is 29.3 Å². The number of benzene rings is 1. The zero-order valence-electron chi connectivity index (χ0n) is 14.1. The maximum atomic E-state index is 5.57. The third-order valence-electron chi connectivity index (χ3n) is 3.78. The summed E-state index contributed by atoms with van der Waals surface area (Å²) < 4.78 is 7.73. The molecule has 1 N–H and O–H groups in total. The lowest BCUT2D eigenvalue weighted by Gasteiger charge is -2.12. The van der Waals surface area contributed by atoms with Crippen molar-refractivity contribution >= 4 is 0 Å². The van der Waals surface area contributed by atoms with E-state index in [1.54, 1.807) is 6.20 Å². The molecule has 0 aliphatic rings. The van der Waals surface area contributed by atoms with Crippen molar-refractivity contribution in [1.29, 1.82) is 0 Å². The van der Waals surface area contributed by atoms with Gasteiger partial charge in [-0.2, -0.15) is 0 Å². The van der Waals surface area contributed by atoms with Crippen molar-refractivity contribution in [3.05, 3.63) is 71.9 Å². The number of aromatic nitrogens is 3. The van der Waals surface area contributed by atoms with Crippen LogP contribution in [0.5, 0.6) is 5.88 Å². The van der Waals surface area contributed by atoms with Crippen molar-refractivity contribution in [3.63, 3.8) is 0 Å². The van der Waals surface area contributed by atoms with Gasteiger partial charge in [0.25, 0.3) is 0 Å². The average Bonchev–Trinajstić information content (AvgIpc) is 2.98. The number of rotatable bonds is 7. The minimum Gasteiger partial charge on any atom is -0.478 e. The van der Waals surface area contributed by atoms with Crippen LogP contribution in [0.1, 0.15) is 24.0 Å². The quantitative estimate of drug-likeness (QED) is 0.725. The zero-order valence-corrected chi connectivity index (χ0v) is 14.1. The Morgan fingerprint density at radius 1 is 1.04 bits per heavy atom. The minimum atomic E-state index is 0.615. The molecule has 0 fully saturated rings. The summed E-state index contributed by atoms with van der Waals surface area (Å²) in [6.07, 6.45) is 3.67. The maximum absolute atomic E-state index is 5.57. The van der Waals surface area contributed by atoms with Crippen LogP contribution in [-0.2, 0) is 13.1 Å². The van der Waals surface area contributed by atoms with Crippen LogP contribution in [0.25, 0.3) is 5.69 Å². The molecule has 0 aliphatic carbocycles. The summed E-state index contributed by atoms with van der Waals surface area (Å²) in [7, 11) is 0. The Labute approximate surface area is 142 Å². The van der Waals surface area contributed by atoms with E-state index in [1.165, 1.54) is 0 Å². The summed E-state index contributed by atoms with van der Waals surface area (Å²) in [4.78, 5) is 8.74. The van der Waals surface area contributed by atoms with E-state index in [1.807, 2.05) is 50.4 Å². The second-order valence-corrected chi connectivity index (χ2v) is 5.47. The second-order valence-electron chi connectivity index (χ2n) is 5.47. The lowest BCUT2D eigenvalue weighted by Crippen LogP contribution is -2.16. The highest BCUT2D eigenvalue weighted by Crippen LogP contribution is 2.16. The Hall–Kier alpha value is -2.66. The normalized spacial score (nSPS) is 10.8. The van der Waals surface area contributed by atoms with Crippen LogP contribution in [0, 0.1) is 6.92 Å². The SMILES string of the molecule is CCOc1ncccc1CNCc1cnc(C)n1-c1ccccc1. The summed E-state index contributed by atoms with van der Waals surface area (Å²) in [5.41, 5.74) is 3.31. The van der Waals surface area contributed by atoms with E-state index in [4.69, 9.17) is 4.74 Å². The van der Waals surface area contributed by atoms with Gasteiger partial charge in [-0.1, -0.05) is 24.3 Å². The number of nitrogens with one attached hydrogen (secondary N) is 1. The van der Waals surface area contributed by atoms with Gasteiger partial charge >= 0.3 is 0 Å². The number of nitrogens with zero attached hydrogens (tertiary/aromatic N) is 3. The summed E-state index contributed by atoms with van der Waals surface area (Å²) in [6.45, 7) is 6.01. The van der Waals surface area contributed by atoms with Gasteiger partial charge in [0.1, 0.15) is 5.82 Å². The molecule has 2 aromatic heterocycles. The Morgan fingerprint density at radius 3 is 2.67 bits per heavy atom. The molecule has 0 aliphatic heterocycles. The predicted molar refractivity (Wildman–Crippen MR) is 94.3 cm³/mol. The number of aryl methyl sites for hydroxylation is 1. The predicted octanol–water partition coefficient (Wildman–Crippen LogP) is 3.26. The van der Waals surface area contributed by atoms with E-state index in [-0.39, 0.29) is 0 Å². The zero-order chi connectivity index (χ0) is 16.8. The fraction of sp³-hybridized carbons (Fsp3) is 0.263. The van der Waals surface area contributed by atoms with Gasteiger partial charge in [0.15, 0.2) is 0 Å². The van der Waals surface area contributed by atoms with Gasteiger partial charge in [0, 0.05) is 30.5 Å². The molecular weight excluding hydrogens is 300 g/mol. The number of hydrogen-bond acceptors (Lipinski definition) is 4. The molecular formula is C19H22N4O. The van der Waals surface area contributed by atoms with Crippen LogP contribution in [0.3, 0.4) is 0 Å². The second kappa shape index (κ2) is 7.75. The van der Waals surface area contributed by atoms with Crippen molar-refractivity contribution in [2.45, 2.75) is 26.9 Å². The van der Waals surface area contributed by atoms with Gasteiger partial charge in [0.05, 0.1) is 18.5 Å². The Kier molecular flexibility index (Phi) is 5.23. The van der Waals surface area contributed by atoms with Crippen LogP contribution in [0.2, 0.25) is 0 Å². The van der Waals surface area contributed by atoms with Crippen LogP contribution in [-0.4, -0.2) is 21.1 Å². The van der Waals surface area contributed by atoms with E-state index in [0.29, 0.717) is 19.0 Å². The van der Waals surface area contributed by atoms with Crippen molar-refractivity contribution in [1.82, 2.24) is 19.9 Å². The Morgan fingerprint density at radius 2 is 1.88 bits per heavy atom. The van der Waals surface area contributed by atoms with Crippen LogP contribution in [0.15, 0.2) is 54.9 Å². The van der Waals surface area contributed by atoms with Gasteiger partial charge < -0.3 is 10.1 Å². The molecule has 3 rings (SSSR count). The fourth-order valence-corrected chi connectivity index (χ4v) is 2.70. The lowest BCUT2D eigenvalue weighted by atomic mass is 10.2. The molecule has 2 heterocycles. The lowest BCUT2D eigenvalue weighted by molar-refractivity contribution is 0.322. The van der Waals surface area contributed by atoms with Crippen LogP contribution >= 0.6 is 0 Å². The number of para-hydroxylation sites is 1. The number of hydrogen-bond donors (Lipinski definition) is 1. The molecule has 0 spiro atoms. The van der Waals surface area contributed by atoms with Crippen LogP contribution < -0.4 is 10.1 Å². The van der Waals surface area contributed by atoms with E-state index in [9.17, 15) is 0 Å². The van der Waals surface area contributed by atoms with Gasteiger partial charge in [0.2, 0.25) is 5.88 Å². The smallest absolute Gasteiger partial charge is 0.217 e. The molecule has 3 aromatic rings. The fourth-order valence-electron chi connectivity index (χ4n) is 2.70. The van der Waals surface area contributed by atoms with Crippen molar-refractivity contribution in [2.24, 2.45) is 0 Å². The molecule has 1 aromatic carbocycles. The summed E-state index contributed by atoms with van der Waals surface area (Å²) in [5, 5.41) is 3.46. The number of imidazole rings is 1. The molecule has 0 saturated carbocycles. The van der Waals surface area contributed by atoms with E-state index < -0.39 is 0 Å². The largest absolute Gasteiger partial charge is 0.478 e. The molecule has 0 radical (unpaired) electrons. The van der Waals surface area contributed by atoms with E-state index in [2.05, 4.69) is 32.0 Å². The first-order valence-corrected chi connectivity index (χ1v) is 8.15. The average molecular weight is 322 g/mol. The third kappa shape index (κ3) is 3.63.